The SMILES string of the molecule is Cc1ccc(F)c(S(=O)(=O)N(C)C2CNC2)c1. The first-order valence-corrected chi connectivity index (χ1v) is 6.82. The molecule has 0 atom stereocenters. The molecule has 1 fully saturated rings. The van der Waals surface area contributed by atoms with E-state index < -0.39 is 15.8 Å². The summed E-state index contributed by atoms with van der Waals surface area (Å²) in [5.74, 6) is -0.699. The highest BCUT2D eigenvalue weighted by atomic mass is 32.2. The molecule has 1 aliphatic heterocycles. The number of benzene rings is 1. The first-order valence-electron chi connectivity index (χ1n) is 5.38. The summed E-state index contributed by atoms with van der Waals surface area (Å²) in [4.78, 5) is -0.244. The normalized spacial score (nSPS) is 17.2. The fraction of sp³-hybridized carbons (Fsp3) is 0.455. The van der Waals surface area contributed by atoms with Crippen molar-refractivity contribution in [2.24, 2.45) is 0 Å². The van der Waals surface area contributed by atoms with Gasteiger partial charge in [-0.05, 0) is 24.6 Å². The minimum absolute atomic E-state index is 0.0834. The average molecular weight is 258 g/mol. The van der Waals surface area contributed by atoms with E-state index in [9.17, 15) is 12.8 Å². The van der Waals surface area contributed by atoms with Crippen LogP contribution in [-0.2, 0) is 10.0 Å². The van der Waals surface area contributed by atoms with Gasteiger partial charge in [0.1, 0.15) is 10.7 Å². The molecule has 17 heavy (non-hydrogen) atoms. The maximum Gasteiger partial charge on any atom is 0.246 e. The molecule has 0 amide bonds. The van der Waals surface area contributed by atoms with Crippen LogP contribution in [0.5, 0.6) is 0 Å². The molecule has 2 rings (SSSR count). The predicted octanol–water partition coefficient (Wildman–Crippen LogP) is 0.726. The van der Waals surface area contributed by atoms with E-state index in [1.165, 1.54) is 23.5 Å². The number of sulfonamides is 1. The summed E-state index contributed by atoms with van der Waals surface area (Å²) in [5, 5.41) is 2.99. The number of halogens is 1. The van der Waals surface area contributed by atoms with Gasteiger partial charge >= 0.3 is 0 Å². The Balaban J connectivity index is 2.39. The van der Waals surface area contributed by atoms with Gasteiger partial charge in [0.2, 0.25) is 10.0 Å². The summed E-state index contributed by atoms with van der Waals surface area (Å²) in [6, 6.07) is 4.03. The highest BCUT2D eigenvalue weighted by Gasteiger charge is 2.33. The lowest BCUT2D eigenvalue weighted by atomic mass is 10.2. The van der Waals surface area contributed by atoms with Crippen molar-refractivity contribution in [2.75, 3.05) is 20.1 Å². The minimum Gasteiger partial charge on any atom is -0.313 e. The molecule has 0 bridgehead atoms. The Morgan fingerprint density at radius 1 is 1.41 bits per heavy atom. The molecule has 1 saturated heterocycles. The van der Waals surface area contributed by atoms with Crippen LogP contribution in [0.3, 0.4) is 0 Å². The van der Waals surface area contributed by atoms with Crippen molar-refractivity contribution in [2.45, 2.75) is 17.9 Å². The van der Waals surface area contributed by atoms with Crippen LogP contribution in [0, 0.1) is 12.7 Å². The van der Waals surface area contributed by atoms with Crippen LogP contribution >= 0.6 is 0 Å². The second-order valence-electron chi connectivity index (χ2n) is 4.27. The number of nitrogens with zero attached hydrogens (tertiary/aromatic N) is 1. The van der Waals surface area contributed by atoms with Crippen molar-refractivity contribution >= 4 is 10.0 Å². The Kier molecular flexibility index (Phi) is 3.20. The van der Waals surface area contributed by atoms with Crippen molar-refractivity contribution in [3.05, 3.63) is 29.6 Å². The third-order valence-electron chi connectivity index (χ3n) is 3.02. The van der Waals surface area contributed by atoms with Crippen molar-refractivity contribution in [1.29, 1.82) is 0 Å². The van der Waals surface area contributed by atoms with E-state index in [0.717, 1.165) is 5.56 Å². The molecule has 1 heterocycles. The van der Waals surface area contributed by atoms with Crippen LogP contribution < -0.4 is 5.32 Å². The molecular weight excluding hydrogens is 243 g/mol. The summed E-state index contributed by atoms with van der Waals surface area (Å²) in [7, 11) is -2.25. The summed E-state index contributed by atoms with van der Waals surface area (Å²) in [6.45, 7) is 2.97. The Bertz CT molecular complexity index is 526. The lowest BCUT2D eigenvalue weighted by molar-refractivity contribution is 0.273. The van der Waals surface area contributed by atoms with Crippen molar-refractivity contribution < 1.29 is 12.8 Å². The Morgan fingerprint density at radius 2 is 2.06 bits per heavy atom. The minimum atomic E-state index is -3.73. The molecule has 6 heteroatoms. The fourth-order valence-electron chi connectivity index (χ4n) is 1.69. The molecule has 0 radical (unpaired) electrons. The third kappa shape index (κ3) is 2.20. The van der Waals surface area contributed by atoms with E-state index >= 15 is 0 Å². The van der Waals surface area contributed by atoms with Gasteiger partial charge in [-0.1, -0.05) is 6.07 Å². The zero-order valence-corrected chi connectivity index (χ0v) is 10.6. The lowest BCUT2D eigenvalue weighted by Gasteiger charge is -2.34. The smallest absolute Gasteiger partial charge is 0.246 e. The standard InChI is InChI=1S/C11H15FN2O2S/c1-8-3-4-10(12)11(5-8)17(15,16)14(2)9-6-13-7-9/h3-5,9,13H,6-7H2,1-2H3. The molecule has 1 aliphatic rings. The molecular formula is C11H15FN2O2S. The third-order valence-corrected chi connectivity index (χ3v) is 4.94. The van der Waals surface area contributed by atoms with Gasteiger partial charge in [0.05, 0.1) is 0 Å². The fourth-order valence-corrected chi connectivity index (χ4v) is 3.19. The number of aryl methyl sites for hydroxylation is 1. The van der Waals surface area contributed by atoms with Crippen LogP contribution in [0.1, 0.15) is 5.56 Å². The van der Waals surface area contributed by atoms with Gasteiger partial charge in [0, 0.05) is 26.2 Å². The molecule has 0 aromatic heterocycles. The van der Waals surface area contributed by atoms with E-state index in [1.807, 2.05) is 0 Å². The average Bonchev–Trinajstić information content (AvgIpc) is 2.19. The highest BCUT2D eigenvalue weighted by Crippen LogP contribution is 2.22. The van der Waals surface area contributed by atoms with E-state index in [0.29, 0.717) is 13.1 Å². The Morgan fingerprint density at radius 3 is 2.59 bits per heavy atom. The molecule has 94 valence electrons. The van der Waals surface area contributed by atoms with E-state index in [-0.39, 0.29) is 10.9 Å². The molecule has 4 nitrogen and oxygen atoms in total. The summed E-state index contributed by atoms with van der Waals surface area (Å²) in [6.07, 6.45) is 0. The van der Waals surface area contributed by atoms with Crippen LogP contribution in [0.2, 0.25) is 0 Å². The van der Waals surface area contributed by atoms with Crippen LogP contribution in [0.4, 0.5) is 4.39 Å². The van der Waals surface area contributed by atoms with Gasteiger partial charge in [-0.25, -0.2) is 12.8 Å². The van der Waals surface area contributed by atoms with Gasteiger partial charge in [-0.2, -0.15) is 4.31 Å². The van der Waals surface area contributed by atoms with E-state index in [1.54, 1.807) is 13.0 Å². The van der Waals surface area contributed by atoms with Crippen LogP contribution in [-0.4, -0.2) is 38.9 Å². The second-order valence-corrected chi connectivity index (χ2v) is 6.23. The summed E-state index contributed by atoms with van der Waals surface area (Å²) in [5.41, 5.74) is 0.727. The van der Waals surface area contributed by atoms with Crippen molar-refractivity contribution in [3.8, 4) is 0 Å². The molecule has 1 aromatic carbocycles. The van der Waals surface area contributed by atoms with Crippen molar-refractivity contribution in [1.82, 2.24) is 9.62 Å². The quantitative estimate of drug-likeness (QED) is 0.869. The zero-order chi connectivity index (χ0) is 12.6. The highest BCUT2D eigenvalue weighted by molar-refractivity contribution is 7.89. The molecule has 0 unspecified atom stereocenters. The summed E-state index contributed by atoms with van der Waals surface area (Å²) < 4.78 is 39.2. The maximum absolute atomic E-state index is 13.6. The van der Waals surface area contributed by atoms with Crippen LogP contribution in [0.25, 0.3) is 0 Å². The largest absolute Gasteiger partial charge is 0.313 e. The number of hydrogen-bond donors (Lipinski definition) is 1. The van der Waals surface area contributed by atoms with Crippen LogP contribution in [0.15, 0.2) is 23.1 Å². The first kappa shape index (κ1) is 12.5. The first-order chi connectivity index (χ1) is 7.93. The van der Waals surface area contributed by atoms with Gasteiger partial charge in [-0.3, -0.25) is 0 Å². The Hall–Kier alpha value is -0.980. The van der Waals surface area contributed by atoms with Gasteiger partial charge in [0.25, 0.3) is 0 Å². The number of nitrogens with one attached hydrogen (secondary N) is 1. The molecule has 1 N–H and O–H groups in total. The number of hydrogen-bond acceptors (Lipinski definition) is 3. The molecule has 1 aromatic rings. The van der Waals surface area contributed by atoms with E-state index in [4.69, 9.17) is 0 Å². The topological polar surface area (TPSA) is 49.4 Å². The monoisotopic (exact) mass is 258 g/mol. The molecule has 0 aliphatic carbocycles. The molecule has 0 spiro atoms. The molecule has 0 saturated carbocycles. The Labute approximate surface area is 100 Å². The van der Waals surface area contributed by atoms with E-state index in [2.05, 4.69) is 5.32 Å². The number of rotatable bonds is 3. The summed E-state index contributed by atoms with van der Waals surface area (Å²) >= 11 is 0. The number of likely N-dealkylation sites (N-methyl/N-ethyl adjacent to an activating group) is 1. The second kappa shape index (κ2) is 4.36. The lowest BCUT2D eigenvalue weighted by Crippen LogP contribution is -2.57. The predicted molar refractivity (Wildman–Crippen MR) is 62.7 cm³/mol. The maximum atomic E-state index is 13.6. The van der Waals surface area contributed by atoms with Gasteiger partial charge < -0.3 is 5.32 Å². The zero-order valence-electron chi connectivity index (χ0n) is 9.77. The van der Waals surface area contributed by atoms with Crippen molar-refractivity contribution in [3.63, 3.8) is 0 Å². The van der Waals surface area contributed by atoms with Gasteiger partial charge in [0.15, 0.2) is 0 Å². The van der Waals surface area contributed by atoms with Gasteiger partial charge in [-0.15, -0.1) is 0 Å².